The minimum absolute atomic E-state index is 0.602. The Kier molecular flexibility index (Phi) is 3.38. The van der Waals surface area contributed by atoms with Crippen LogP contribution in [0.15, 0.2) is 12.3 Å². The highest BCUT2D eigenvalue weighted by Gasteiger charge is 2.34. The number of H-pyrrole nitrogens is 1. The molecular weight excluding hydrogens is 196 g/mol. The molecule has 2 heterocycles. The first kappa shape index (κ1) is 11.7. The molecule has 0 saturated carbocycles. The molecule has 2 rings (SSSR count). The van der Waals surface area contributed by atoms with E-state index in [4.69, 9.17) is 0 Å². The molecule has 0 saturated heterocycles. The largest absolute Gasteiger partial charge is 0.365 e. The van der Waals surface area contributed by atoms with E-state index < -0.39 is 0 Å². The number of likely N-dealkylation sites (N-methyl/N-ethyl adjacent to an activating group) is 1. The first-order valence-corrected chi connectivity index (χ1v) is 6.60. The highest BCUT2D eigenvalue weighted by Crippen LogP contribution is 2.37. The second-order valence-corrected chi connectivity index (χ2v) is 5.20. The maximum atomic E-state index is 3.42. The molecule has 0 amide bonds. The Hall–Kier alpha value is -0.760. The summed E-state index contributed by atoms with van der Waals surface area (Å²) in [5.41, 5.74) is 3.00. The van der Waals surface area contributed by atoms with Gasteiger partial charge in [0.05, 0.1) is 0 Å². The molecule has 2 heteroatoms. The number of aromatic nitrogens is 1. The minimum atomic E-state index is 0.602. The number of fused-ring (bicyclic) bond motifs is 1. The van der Waals surface area contributed by atoms with Crippen molar-refractivity contribution in [1.29, 1.82) is 0 Å². The number of nitrogens with zero attached hydrogens (tertiary/aromatic N) is 1. The van der Waals surface area contributed by atoms with Gasteiger partial charge in [-0.25, -0.2) is 0 Å². The molecule has 0 unspecified atom stereocenters. The van der Waals surface area contributed by atoms with E-state index in [0.717, 1.165) is 6.54 Å². The van der Waals surface area contributed by atoms with Crippen LogP contribution in [-0.2, 0) is 6.42 Å². The quantitative estimate of drug-likeness (QED) is 0.827. The van der Waals surface area contributed by atoms with E-state index in [0.29, 0.717) is 18.0 Å². The fraction of sp³-hybridized carbons (Fsp3) is 0.714. The Morgan fingerprint density at radius 2 is 2.19 bits per heavy atom. The average Bonchev–Trinajstić information content (AvgIpc) is 2.73. The zero-order chi connectivity index (χ0) is 11.7. The molecule has 0 aromatic carbocycles. The molecule has 0 aliphatic carbocycles. The first-order valence-electron chi connectivity index (χ1n) is 6.60. The van der Waals surface area contributed by atoms with Gasteiger partial charge in [-0.2, -0.15) is 0 Å². The molecular formula is C14H24N2. The van der Waals surface area contributed by atoms with Crippen LogP contribution < -0.4 is 0 Å². The number of rotatable bonds is 3. The van der Waals surface area contributed by atoms with E-state index >= 15 is 0 Å². The van der Waals surface area contributed by atoms with Crippen molar-refractivity contribution < 1.29 is 0 Å². The Labute approximate surface area is 99.0 Å². The number of aromatic amines is 1. The lowest BCUT2D eigenvalue weighted by Crippen LogP contribution is -2.45. The standard InChI is InChI=1S/C14H24N2/c1-5-11-9-13-12(7-8-15-13)14(10(3)4)16(11)6-2/h7-8,10-11,14-15H,5-6,9H2,1-4H3/t11-,14-/m1/s1. The predicted octanol–water partition coefficient (Wildman–Crippen LogP) is 3.37. The maximum Gasteiger partial charge on any atom is 0.0391 e. The van der Waals surface area contributed by atoms with Crippen molar-refractivity contribution in [3.8, 4) is 0 Å². The monoisotopic (exact) mass is 220 g/mol. The summed E-state index contributed by atoms with van der Waals surface area (Å²) in [6.45, 7) is 10.4. The molecule has 1 aliphatic rings. The van der Waals surface area contributed by atoms with Gasteiger partial charge in [-0.05, 0) is 30.5 Å². The molecule has 2 nitrogen and oxygen atoms in total. The Balaban J connectivity index is 2.38. The second-order valence-electron chi connectivity index (χ2n) is 5.20. The van der Waals surface area contributed by atoms with Crippen molar-refractivity contribution in [3.63, 3.8) is 0 Å². The van der Waals surface area contributed by atoms with Crippen molar-refractivity contribution in [2.24, 2.45) is 5.92 Å². The van der Waals surface area contributed by atoms with Crippen LogP contribution in [0.5, 0.6) is 0 Å². The second kappa shape index (κ2) is 4.62. The third-order valence-electron chi connectivity index (χ3n) is 3.92. The van der Waals surface area contributed by atoms with E-state index in [-0.39, 0.29) is 0 Å². The van der Waals surface area contributed by atoms with Crippen LogP contribution in [0.1, 0.15) is 51.4 Å². The van der Waals surface area contributed by atoms with Crippen LogP contribution in [0.4, 0.5) is 0 Å². The van der Waals surface area contributed by atoms with E-state index in [1.54, 1.807) is 0 Å². The molecule has 0 bridgehead atoms. The fourth-order valence-corrected chi connectivity index (χ4v) is 3.20. The van der Waals surface area contributed by atoms with Gasteiger partial charge >= 0.3 is 0 Å². The topological polar surface area (TPSA) is 19.0 Å². The van der Waals surface area contributed by atoms with Crippen LogP contribution in [-0.4, -0.2) is 22.5 Å². The summed E-state index contributed by atoms with van der Waals surface area (Å²) in [7, 11) is 0. The van der Waals surface area contributed by atoms with Gasteiger partial charge in [0.25, 0.3) is 0 Å². The minimum Gasteiger partial charge on any atom is -0.365 e. The van der Waals surface area contributed by atoms with Gasteiger partial charge in [-0.15, -0.1) is 0 Å². The van der Waals surface area contributed by atoms with Crippen LogP contribution in [0.25, 0.3) is 0 Å². The van der Waals surface area contributed by atoms with Crippen LogP contribution in [0.3, 0.4) is 0 Å². The number of hydrogen-bond acceptors (Lipinski definition) is 1. The van der Waals surface area contributed by atoms with Gasteiger partial charge in [0.1, 0.15) is 0 Å². The zero-order valence-electron chi connectivity index (χ0n) is 11.0. The van der Waals surface area contributed by atoms with E-state index in [2.05, 4.69) is 49.8 Å². The lowest BCUT2D eigenvalue weighted by atomic mass is 9.86. The van der Waals surface area contributed by atoms with Gasteiger partial charge < -0.3 is 4.98 Å². The predicted molar refractivity (Wildman–Crippen MR) is 68.5 cm³/mol. The van der Waals surface area contributed by atoms with E-state index in [1.807, 2.05) is 0 Å². The van der Waals surface area contributed by atoms with Gasteiger partial charge in [0.15, 0.2) is 0 Å². The summed E-state index contributed by atoms with van der Waals surface area (Å²) < 4.78 is 0. The van der Waals surface area contributed by atoms with Crippen molar-refractivity contribution in [3.05, 3.63) is 23.5 Å². The fourth-order valence-electron chi connectivity index (χ4n) is 3.20. The normalized spacial score (nSPS) is 26.1. The van der Waals surface area contributed by atoms with Gasteiger partial charge in [0.2, 0.25) is 0 Å². The Morgan fingerprint density at radius 3 is 2.75 bits per heavy atom. The third-order valence-corrected chi connectivity index (χ3v) is 3.92. The van der Waals surface area contributed by atoms with Crippen LogP contribution in [0, 0.1) is 5.92 Å². The lowest BCUT2D eigenvalue weighted by molar-refractivity contribution is 0.0893. The average molecular weight is 220 g/mol. The summed E-state index contributed by atoms with van der Waals surface area (Å²) in [4.78, 5) is 6.11. The summed E-state index contributed by atoms with van der Waals surface area (Å²) in [6.07, 6.45) is 4.54. The molecule has 16 heavy (non-hydrogen) atoms. The van der Waals surface area contributed by atoms with Crippen molar-refractivity contribution in [1.82, 2.24) is 9.88 Å². The highest BCUT2D eigenvalue weighted by molar-refractivity contribution is 5.29. The smallest absolute Gasteiger partial charge is 0.0391 e. The zero-order valence-corrected chi connectivity index (χ0v) is 11.0. The van der Waals surface area contributed by atoms with Crippen molar-refractivity contribution in [2.75, 3.05) is 6.54 Å². The first-order chi connectivity index (χ1) is 7.69. The molecule has 0 spiro atoms. The number of nitrogens with one attached hydrogen (secondary N) is 1. The third kappa shape index (κ3) is 1.80. The molecule has 1 aromatic heterocycles. The Morgan fingerprint density at radius 1 is 1.44 bits per heavy atom. The highest BCUT2D eigenvalue weighted by atomic mass is 15.2. The molecule has 90 valence electrons. The van der Waals surface area contributed by atoms with Crippen molar-refractivity contribution >= 4 is 0 Å². The molecule has 1 aliphatic heterocycles. The van der Waals surface area contributed by atoms with Gasteiger partial charge in [-0.3, -0.25) is 4.90 Å². The number of hydrogen-bond donors (Lipinski definition) is 1. The summed E-state index contributed by atoms with van der Waals surface area (Å²) in [5.74, 6) is 0.684. The molecule has 1 aromatic rings. The summed E-state index contributed by atoms with van der Waals surface area (Å²) >= 11 is 0. The van der Waals surface area contributed by atoms with Crippen molar-refractivity contribution in [2.45, 2.75) is 52.6 Å². The molecule has 0 radical (unpaired) electrons. The molecule has 1 N–H and O–H groups in total. The van der Waals surface area contributed by atoms with Gasteiger partial charge in [0, 0.05) is 30.4 Å². The lowest BCUT2D eigenvalue weighted by Gasteiger charge is -2.43. The SMILES string of the molecule is CC[C@@H]1Cc2[nH]ccc2[C@@H](C(C)C)N1CC. The molecule has 0 fully saturated rings. The van der Waals surface area contributed by atoms with Crippen LogP contribution >= 0.6 is 0 Å². The van der Waals surface area contributed by atoms with Gasteiger partial charge in [-0.1, -0.05) is 27.7 Å². The molecule has 2 atom stereocenters. The maximum absolute atomic E-state index is 3.42. The Bertz CT molecular complexity index is 340. The van der Waals surface area contributed by atoms with Crippen LogP contribution in [0.2, 0.25) is 0 Å². The van der Waals surface area contributed by atoms with E-state index in [1.165, 1.54) is 24.1 Å². The summed E-state index contributed by atoms with van der Waals surface area (Å²) in [6, 6.07) is 3.59. The van der Waals surface area contributed by atoms with E-state index in [9.17, 15) is 0 Å². The summed E-state index contributed by atoms with van der Waals surface area (Å²) in [5, 5.41) is 0.